The molecular formula is C20H18ClF2NO2. The van der Waals surface area contributed by atoms with Gasteiger partial charge in [-0.15, -0.1) is 0 Å². The molecule has 0 unspecified atom stereocenters. The summed E-state index contributed by atoms with van der Waals surface area (Å²) in [5.41, 5.74) is 2.70. The fraction of sp³-hybridized carbons (Fsp3) is 0.250. The molecule has 0 bridgehead atoms. The summed E-state index contributed by atoms with van der Waals surface area (Å²) < 4.78 is 32.1. The van der Waals surface area contributed by atoms with Crippen LogP contribution in [0.4, 0.5) is 8.78 Å². The third kappa shape index (κ3) is 3.88. The van der Waals surface area contributed by atoms with Gasteiger partial charge in [-0.25, -0.2) is 8.78 Å². The fourth-order valence-corrected chi connectivity index (χ4v) is 3.02. The van der Waals surface area contributed by atoms with Gasteiger partial charge in [-0.3, -0.25) is 4.79 Å². The fourth-order valence-electron chi connectivity index (χ4n) is 2.82. The van der Waals surface area contributed by atoms with E-state index in [4.69, 9.17) is 16.3 Å². The lowest BCUT2D eigenvalue weighted by Crippen LogP contribution is -2.25. The van der Waals surface area contributed by atoms with Crippen molar-refractivity contribution in [2.75, 3.05) is 6.61 Å². The third-order valence-corrected chi connectivity index (χ3v) is 4.61. The third-order valence-electron chi connectivity index (χ3n) is 4.38. The summed E-state index contributed by atoms with van der Waals surface area (Å²) in [6.07, 6.45) is 0.946. The van der Waals surface area contributed by atoms with Gasteiger partial charge < -0.3 is 9.64 Å². The van der Waals surface area contributed by atoms with Crippen LogP contribution >= 0.6 is 11.6 Å². The highest BCUT2D eigenvalue weighted by Crippen LogP contribution is 2.28. The predicted octanol–water partition coefficient (Wildman–Crippen LogP) is 5.28. The molecule has 3 nitrogen and oxygen atoms in total. The van der Waals surface area contributed by atoms with Crippen molar-refractivity contribution in [3.63, 3.8) is 0 Å². The van der Waals surface area contributed by atoms with Crippen LogP contribution in [0.3, 0.4) is 0 Å². The minimum Gasteiger partial charge on any atom is -0.486 e. The van der Waals surface area contributed by atoms with Crippen molar-refractivity contribution in [3.8, 4) is 5.75 Å². The largest absolute Gasteiger partial charge is 0.486 e. The Morgan fingerprint density at radius 2 is 2.00 bits per heavy atom. The SMILES string of the molecule is CCC(=CF)COc1ccc(C(=O)N2Cc3ccc(Cl)cc3C2)cc1F. The lowest BCUT2D eigenvalue weighted by Gasteiger charge is -2.16. The molecule has 0 radical (unpaired) electrons. The first-order valence-corrected chi connectivity index (χ1v) is 8.66. The Bertz CT molecular complexity index is 867. The van der Waals surface area contributed by atoms with E-state index in [-0.39, 0.29) is 23.8 Å². The lowest BCUT2D eigenvalue weighted by atomic mass is 10.1. The molecule has 2 aromatic carbocycles. The number of fused-ring (bicyclic) bond motifs is 1. The Hall–Kier alpha value is -2.40. The van der Waals surface area contributed by atoms with Crippen LogP contribution in [0.5, 0.6) is 5.75 Å². The maximum Gasteiger partial charge on any atom is 0.254 e. The van der Waals surface area contributed by atoms with Crippen molar-refractivity contribution in [1.29, 1.82) is 0 Å². The summed E-state index contributed by atoms with van der Waals surface area (Å²) in [5.74, 6) is -0.920. The maximum absolute atomic E-state index is 14.2. The second-order valence-electron chi connectivity index (χ2n) is 6.13. The first kappa shape index (κ1) is 18.4. The number of benzene rings is 2. The summed E-state index contributed by atoms with van der Waals surface area (Å²) in [5, 5.41) is 0.624. The molecule has 136 valence electrons. The molecule has 26 heavy (non-hydrogen) atoms. The zero-order valence-electron chi connectivity index (χ0n) is 14.3. The lowest BCUT2D eigenvalue weighted by molar-refractivity contribution is 0.0751. The van der Waals surface area contributed by atoms with E-state index in [1.54, 1.807) is 17.9 Å². The number of amides is 1. The van der Waals surface area contributed by atoms with Crippen molar-refractivity contribution in [2.24, 2.45) is 0 Å². The highest BCUT2D eigenvalue weighted by atomic mass is 35.5. The molecule has 6 heteroatoms. The van der Waals surface area contributed by atoms with Crippen LogP contribution in [-0.4, -0.2) is 17.4 Å². The van der Waals surface area contributed by atoms with Crippen LogP contribution in [0.2, 0.25) is 5.02 Å². The van der Waals surface area contributed by atoms with Gasteiger partial charge in [0.1, 0.15) is 6.61 Å². The van der Waals surface area contributed by atoms with E-state index in [0.29, 0.717) is 36.4 Å². The molecule has 1 amide bonds. The van der Waals surface area contributed by atoms with Crippen molar-refractivity contribution >= 4 is 17.5 Å². The normalized spacial score (nSPS) is 13.7. The minimum atomic E-state index is -0.648. The van der Waals surface area contributed by atoms with Crippen molar-refractivity contribution in [2.45, 2.75) is 26.4 Å². The summed E-state index contributed by atoms with van der Waals surface area (Å²) in [4.78, 5) is 14.3. The molecule has 0 aromatic heterocycles. The van der Waals surface area contributed by atoms with Gasteiger partial charge in [0, 0.05) is 23.7 Å². The van der Waals surface area contributed by atoms with Gasteiger partial charge in [-0.05, 0) is 53.5 Å². The Morgan fingerprint density at radius 1 is 1.23 bits per heavy atom. The van der Waals surface area contributed by atoms with E-state index in [9.17, 15) is 13.6 Å². The first-order valence-electron chi connectivity index (χ1n) is 8.29. The van der Waals surface area contributed by atoms with Crippen LogP contribution < -0.4 is 4.74 Å². The Morgan fingerprint density at radius 3 is 2.69 bits per heavy atom. The molecule has 0 saturated carbocycles. The zero-order chi connectivity index (χ0) is 18.7. The quantitative estimate of drug-likeness (QED) is 0.709. The van der Waals surface area contributed by atoms with E-state index in [0.717, 1.165) is 17.2 Å². The second-order valence-corrected chi connectivity index (χ2v) is 6.57. The predicted molar refractivity (Wildman–Crippen MR) is 96.4 cm³/mol. The standard InChI is InChI=1S/C20H18ClF2NO2/c1-2-13(9-22)12-26-19-6-4-14(8-18(19)23)20(25)24-10-15-3-5-17(21)7-16(15)11-24/h3-9H,2,10-12H2,1H3. The van der Waals surface area contributed by atoms with Crippen LogP contribution in [0.25, 0.3) is 0 Å². The van der Waals surface area contributed by atoms with Gasteiger partial charge in [-0.1, -0.05) is 24.6 Å². The van der Waals surface area contributed by atoms with Crippen LogP contribution in [0.1, 0.15) is 34.8 Å². The van der Waals surface area contributed by atoms with Crippen LogP contribution in [-0.2, 0) is 13.1 Å². The summed E-state index contributed by atoms with van der Waals surface area (Å²) in [6, 6.07) is 9.59. The van der Waals surface area contributed by atoms with Crippen molar-refractivity contribution in [1.82, 2.24) is 4.90 Å². The van der Waals surface area contributed by atoms with E-state index < -0.39 is 5.82 Å². The molecule has 3 rings (SSSR count). The number of halogens is 3. The van der Waals surface area contributed by atoms with Gasteiger partial charge in [0.05, 0.1) is 6.33 Å². The molecule has 0 N–H and O–H groups in total. The smallest absolute Gasteiger partial charge is 0.254 e. The van der Waals surface area contributed by atoms with Crippen LogP contribution in [0, 0.1) is 5.82 Å². The monoisotopic (exact) mass is 377 g/mol. The van der Waals surface area contributed by atoms with Gasteiger partial charge in [0.25, 0.3) is 5.91 Å². The number of carbonyl (C=O) groups excluding carboxylic acids is 1. The minimum absolute atomic E-state index is 0.00848. The molecule has 0 fully saturated rings. The van der Waals surface area contributed by atoms with Gasteiger partial charge in [0.15, 0.2) is 11.6 Å². The highest BCUT2D eigenvalue weighted by Gasteiger charge is 2.25. The molecule has 0 aliphatic carbocycles. The van der Waals surface area contributed by atoms with Gasteiger partial charge in [-0.2, -0.15) is 0 Å². The number of ether oxygens (including phenoxy) is 1. The summed E-state index contributed by atoms with van der Waals surface area (Å²) >= 11 is 5.98. The number of hydrogen-bond acceptors (Lipinski definition) is 2. The molecule has 0 saturated heterocycles. The number of hydrogen-bond donors (Lipinski definition) is 0. The van der Waals surface area contributed by atoms with Crippen LogP contribution in [0.15, 0.2) is 48.3 Å². The van der Waals surface area contributed by atoms with E-state index in [2.05, 4.69) is 0 Å². The van der Waals surface area contributed by atoms with Crippen molar-refractivity contribution in [3.05, 3.63) is 75.8 Å². The Labute approximate surface area is 155 Å². The molecule has 1 aliphatic heterocycles. The molecular weight excluding hydrogens is 360 g/mol. The zero-order valence-corrected chi connectivity index (χ0v) is 15.0. The topological polar surface area (TPSA) is 29.5 Å². The number of rotatable bonds is 5. The second kappa shape index (κ2) is 7.87. The number of nitrogens with zero attached hydrogens (tertiary/aromatic N) is 1. The Balaban J connectivity index is 1.70. The first-order chi connectivity index (χ1) is 12.5. The highest BCUT2D eigenvalue weighted by molar-refractivity contribution is 6.30. The van der Waals surface area contributed by atoms with Crippen molar-refractivity contribution < 1.29 is 18.3 Å². The summed E-state index contributed by atoms with van der Waals surface area (Å²) in [7, 11) is 0. The van der Waals surface area contributed by atoms with E-state index in [1.165, 1.54) is 12.1 Å². The number of carbonyl (C=O) groups is 1. The molecule has 2 aromatic rings. The molecule has 1 heterocycles. The molecule has 1 aliphatic rings. The van der Waals surface area contributed by atoms with Gasteiger partial charge >= 0.3 is 0 Å². The molecule has 0 atom stereocenters. The average Bonchev–Trinajstić information content (AvgIpc) is 3.06. The van der Waals surface area contributed by atoms with E-state index in [1.807, 2.05) is 12.1 Å². The Kier molecular flexibility index (Phi) is 5.57. The molecule has 0 spiro atoms. The average molecular weight is 378 g/mol. The summed E-state index contributed by atoms with van der Waals surface area (Å²) in [6.45, 7) is 2.66. The van der Waals surface area contributed by atoms with E-state index >= 15 is 0 Å². The maximum atomic E-state index is 14.2. The van der Waals surface area contributed by atoms with Gasteiger partial charge in [0.2, 0.25) is 0 Å².